The first-order valence-corrected chi connectivity index (χ1v) is 6.68. The molecule has 2 aliphatic rings. The van der Waals surface area contributed by atoms with Crippen LogP contribution in [0, 0.1) is 0 Å². The van der Waals surface area contributed by atoms with Crippen molar-refractivity contribution in [1.82, 2.24) is 10.4 Å². The summed E-state index contributed by atoms with van der Waals surface area (Å²) in [6, 6.07) is 8.60. The highest BCUT2D eigenvalue weighted by Gasteiger charge is 2.55. The molecular weight excluding hydrogens is 284 g/mol. The Kier molecular flexibility index (Phi) is 3.50. The second kappa shape index (κ2) is 5.30. The second-order valence-electron chi connectivity index (χ2n) is 4.71. The number of hydrogen-bond acceptors (Lipinski definition) is 5. The Morgan fingerprint density at radius 1 is 1.40 bits per heavy atom. The predicted octanol–water partition coefficient (Wildman–Crippen LogP) is 1.04. The van der Waals surface area contributed by atoms with Crippen LogP contribution in [0.2, 0.25) is 0 Å². The van der Waals surface area contributed by atoms with E-state index in [0.29, 0.717) is 6.54 Å². The third-order valence-corrected chi connectivity index (χ3v) is 3.77. The summed E-state index contributed by atoms with van der Waals surface area (Å²) in [5, 5.41) is 3.69. The van der Waals surface area contributed by atoms with E-state index in [1.807, 2.05) is 30.3 Å². The molecule has 7 heteroatoms. The van der Waals surface area contributed by atoms with Gasteiger partial charge in [0, 0.05) is 0 Å². The van der Waals surface area contributed by atoms with Crippen molar-refractivity contribution in [3.63, 3.8) is 0 Å². The van der Waals surface area contributed by atoms with Gasteiger partial charge in [-0.25, -0.2) is 4.79 Å². The zero-order valence-electron chi connectivity index (χ0n) is 10.5. The molecule has 0 radical (unpaired) electrons. The summed E-state index contributed by atoms with van der Waals surface area (Å²) in [6.07, 6.45) is -0.835. The van der Waals surface area contributed by atoms with Gasteiger partial charge in [-0.3, -0.25) is 4.79 Å². The Morgan fingerprint density at radius 2 is 2.15 bits per heavy atom. The van der Waals surface area contributed by atoms with E-state index in [4.69, 9.17) is 21.2 Å². The zero-order chi connectivity index (χ0) is 14.1. The summed E-state index contributed by atoms with van der Waals surface area (Å²) in [4.78, 5) is 28.0. The molecule has 2 saturated heterocycles. The van der Waals surface area contributed by atoms with Gasteiger partial charge >= 0.3 is 6.16 Å². The second-order valence-corrected chi connectivity index (χ2v) is 5.27. The van der Waals surface area contributed by atoms with Crippen LogP contribution in [0.5, 0.6) is 0 Å². The summed E-state index contributed by atoms with van der Waals surface area (Å²) in [6.45, 7) is 0.425. The van der Waals surface area contributed by atoms with Gasteiger partial charge in [0.15, 0.2) is 0 Å². The van der Waals surface area contributed by atoms with Crippen molar-refractivity contribution >= 4 is 23.7 Å². The van der Waals surface area contributed by atoms with E-state index in [9.17, 15) is 9.59 Å². The molecule has 20 heavy (non-hydrogen) atoms. The van der Waals surface area contributed by atoms with Gasteiger partial charge in [0.25, 0.3) is 0 Å². The van der Waals surface area contributed by atoms with E-state index in [1.165, 1.54) is 5.06 Å². The quantitative estimate of drug-likeness (QED) is 0.513. The minimum absolute atomic E-state index is 0.123. The van der Waals surface area contributed by atoms with Gasteiger partial charge in [0.2, 0.25) is 5.91 Å². The fraction of sp³-hybridized carbons (Fsp3) is 0.385. The lowest BCUT2D eigenvalue weighted by molar-refractivity contribution is -0.168. The number of amides is 1. The number of carbonyl (C=O) groups is 2. The Labute approximate surface area is 120 Å². The normalized spacial score (nSPS) is 28.2. The average molecular weight is 297 g/mol. The molecule has 1 aromatic carbocycles. The number of benzene rings is 1. The monoisotopic (exact) mass is 296 g/mol. The maximum atomic E-state index is 11.6. The molecule has 1 aromatic rings. The van der Waals surface area contributed by atoms with Gasteiger partial charge in [-0.1, -0.05) is 30.3 Å². The lowest BCUT2D eigenvalue weighted by Gasteiger charge is -2.34. The van der Waals surface area contributed by atoms with Crippen LogP contribution < -0.4 is 5.32 Å². The number of fused-ring (bicyclic) bond motifs is 1. The van der Waals surface area contributed by atoms with Crippen molar-refractivity contribution < 1.29 is 19.2 Å². The molecule has 1 N–H and O–H groups in total. The number of carbonyl (C=O) groups excluding carboxylic acids is 2. The molecule has 1 amide bonds. The standard InChI is InChI=1S/C13H13ClN2O4/c14-9-6-16(11-10(9)15-12(11)17)20-13(18)19-7-8-4-2-1-3-5-8/h1-5,9-11H,6-7H2,(H,15,17)/t9-,10-,11+/m1/s1. The third-order valence-electron chi connectivity index (χ3n) is 3.36. The van der Waals surface area contributed by atoms with Crippen LogP contribution in [0.3, 0.4) is 0 Å². The van der Waals surface area contributed by atoms with Gasteiger partial charge in [-0.2, -0.15) is 0 Å². The smallest absolute Gasteiger partial charge is 0.428 e. The first-order valence-electron chi connectivity index (χ1n) is 6.25. The molecule has 0 aliphatic carbocycles. The van der Waals surface area contributed by atoms with Crippen molar-refractivity contribution in [1.29, 1.82) is 0 Å². The van der Waals surface area contributed by atoms with Crippen molar-refractivity contribution in [2.24, 2.45) is 0 Å². The van der Waals surface area contributed by atoms with Crippen molar-refractivity contribution in [3.05, 3.63) is 35.9 Å². The van der Waals surface area contributed by atoms with Gasteiger partial charge < -0.3 is 14.9 Å². The van der Waals surface area contributed by atoms with E-state index in [-0.39, 0.29) is 23.9 Å². The van der Waals surface area contributed by atoms with Crippen LogP contribution in [0.4, 0.5) is 4.79 Å². The number of nitrogens with one attached hydrogen (secondary N) is 1. The van der Waals surface area contributed by atoms with Gasteiger partial charge in [0.1, 0.15) is 12.6 Å². The number of ether oxygens (including phenoxy) is 1. The molecular formula is C13H13ClN2O4. The number of rotatable bonds is 3. The lowest BCUT2D eigenvalue weighted by atomic mass is 10.0. The van der Waals surface area contributed by atoms with E-state index >= 15 is 0 Å². The largest absolute Gasteiger partial charge is 0.528 e. The maximum absolute atomic E-state index is 11.6. The Balaban J connectivity index is 1.51. The van der Waals surface area contributed by atoms with Gasteiger partial charge in [0.05, 0.1) is 18.0 Å². The maximum Gasteiger partial charge on any atom is 0.528 e. The van der Waals surface area contributed by atoms with Gasteiger partial charge in [-0.15, -0.1) is 16.7 Å². The Bertz CT molecular complexity index is 524. The molecule has 0 saturated carbocycles. The molecule has 2 aliphatic heterocycles. The zero-order valence-corrected chi connectivity index (χ0v) is 11.2. The Hall–Kier alpha value is -1.79. The Morgan fingerprint density at radius 3 is 2.85 bits per heavy atom. The first-order chi connectivity index (χ1) is 9.65. The fourth-order valence-corrected chi connectivity index (χ4v) is 2.66. The molecule has 2 heterocycles. The van der Waals surface area contributed by atoms with E-state index in [1.54, 1.807) is 0 Å². The molecule has 106 valence electrons. The van der Waals surface area contributed by atoms with Crippen LogP contribution in [0.25, 0.3) is 0 Å². The number of β-lactam (4-membered cyclic amide) rings is 1. The van der Waals surface area contributed by atoms with Crippen LogP contribution in [-0.4, -0.2) is 41.1 Å². The SMILES string of the molecule is O=C(OCc1ccccc1)ON1C[C@@H](Cl)[C@H]2NC(=O)[C@H]21. The average Bonchev–Trinajstić information content (AvgIpc) is 2.67. The molecule has 0 aromatic heterocycles. The summed E-state index contributed by atoms with van der Waals surface area (Å²) in [5.74, 6) is -0.186. The number of nitrogens with zero attached hydrogens (tertiary/aromatic N) is 1. The number of hydrogen-bond donors (Lipinski definition) is 1. The summed E-state index contributed by atoms with van der Waals surface area (Å²) in [5.41, 5.74) is 0.861. The number of hydroxylamine groups is 2. The van der Waals surface area contributed by atoms with Gasteiger partial charge in [-0.05, 0) is 5.56 Å². The van der Waals surface area contributed by atoms with E-state index in [2.05, 4.69) is 5.32 Å². The fourth-order valence-electron chi connectivity index (χ4n) is 2.33. The molecule has 6 nitrogen and oxygen atoms in total. The highest BCUT2D eigenvalue weighted by atomic mass is 35.5. The molecule has 0 bridgehead atoms. The molecule has 3 atom stereocenters. The minimum atomic E-state index is -0.835. The topological polar surface area (TPSA) is 67.9 Å². The summed E-state index contributed by atoms with van der Waals surface area (Å²) < 4.78 is 4.99. The number of halogens is 1. The molecule has 2 fully saturated rings. The van der Waals surface area contributed by atoms with Crippen LogP contribution >= 0.6 is 11.6 Å². The highest BCUT2D eigenvalue weighted by molar-refractivity contribution is 6.22. The molecule has 0 spiro atoms. The third kappa shape index (κ3) is 2.44. The van der Waals surface area contributed by atoms with Crippen LogP contribution in [0.15, 0.2) is 30.3 Å². The van der Waals surface area contributed by atoms with Crippen LogP contribution in [0.1, 0.15) is 5.56 Å². The summed E-state index contributed by atoms with van der Waals surface area (Å²) >= 11 is 6.04. The molecule has 0 unspecified atom stereocenters. The van der Waals surface area contributed by atoms with E-state index < -0.39 is 12.2 Å². The lowest BCUT2D eigenvalue weighted by Crippen LogP contribution is -2.66. The van der Waals surface area contributed by atoms with E-state index in [0.717, 1.165) is 5.56 Å². The van der Waals surface area contributed by atoms with Crippen LogP contribution in [-0.2, 0) is 21.0 Å². The predicted molar refractivity (Wildman–Crippen MR) is 69.8 cm³/mol. The first kappa shape index (κ1) is 13.2. The minimum Gasteiger partial charge on any atom is -0.428 e. The van der Waals surface area contributed by atoms with Crippen molar-refractivity contribution in [3.8, 4) is 0 Å². The van der Waals surface area contributed by atoms with Crippen molar-refractivity contribution in [2.75, 3.05) is 6.54 Å². The summed E-state index contributed by atoms with van der Waals surface area (Å²) in [7, 11) is 0. The molecule has 3 rings (SSSR count). The highest BCUT2D eigenvalue weighted by Crippen LogP contribution is 2.29. The van der Waals surface area contributed by atoms with Crippen molar-refractivity contribution in [2.45, 2.75) is 24.1 Å². The number of alkyl halides is 1.